The first-order chi connectivity index (χ1) is 11.7. The molecule has 3 aliphatic rings. The number of aliphatic imine (C=N–C) groups is 1. The van der Waals surface area contributed by atoms with Gasteiger partial charge in [-0.25, -0.2) is 5.48 Å². The molecule has 24 heavy (non-hydrogen) atoms. The Hall–Kier alpha value is -2.21. The number of carbonyl (C=O) groups excluding carboxylic acids is 2. The summed E-state index contributed by atoms with van der Waals surface area (Å²) >= 11 is 0. The normalized spacial score (nSPS) is 27.3. The third-order valence-electron chi connectivity index (χ3n) is 4.89. The molecule has 1 fully saturated rings. The van der Waals surface area contributed by atoms with Crippen LogP contribution in [0.3, 0.4) is 0 Å². The quantitative estimate of drug-likeness (QED) is 0.470. The Morgan fingerprint density at radius 2 is 2.17 bits per heavy atom. The van der Waals surface area contributed by atoms with E-state index in [9.17, 15) is 9.59 Å². The number of hydrogen-bond donors (Lipinski definition) is 2. The van der Waals surface area contributed by atoms with E-state index < -0.39 is 5.91 Å². The molecule has 0 bridgehead atoms. The van der Waals surface area contributed by atoms with Crippen LogP contribution < -0.4 is 5.48 Å². The largest absolute Gasteiger partial charge is 0.302 e. The average molecular weight is 329 g/mol. The summed E-state index contributed by atoms with van der Waals surface area (Å²) in [6.07, 6.45) is 16.3. The van der Waals surface area contributed by atoms with E-state index in [1.54, 1.807) is 22.8 Å². The minimum atomic E-state index is -0.590. The fourth-order valence-electron chi connectivity index (χ4n) is 3.56. The lowest BCUT2D eigenvalue weighted by molar-refractivity contribution is -0.131. The highest BCUT2D eigenvalue weighted by molar-refractivity contribution is 5.94. The van der Waals surface area contributed by atoms with Crippen LogP contribution in [0.25, 0.3) is 0 Å². The monoisotopic (exact) mass is 329 g/mol. The van der Waals surface area contributed by atoms with E-state index in [4.69, 9.17) is 5.21 Å². The zero-order valence-corrected chi connectivity index (χ0v) is 13.6. The first-order valence-electron chi connectivity index (χ1n) is 8.53. The van der Waals surface area contributed by atoms with Gasteiger partial charge >= 0.3 is 0 Å². The highest BCUT2D eigenvalue weighted by Crippen LogP contribution is 2.28. The summed E-state index contributed by atoms with van der Waals surface area (Å²) in [5, 5.41) is 8.49. The van der Waals surface area contributed by atoms with E-state index in [1.807, 2.05) is 18.2 Å². The number of hydrogen-bond acceptors (Lipinski definition) is 4. The van der Waals surface area contributed by atoms with Crippen LogP contribution in [0.1, 0.15) is 32.1 Å². The third-order valence-corrected chi connectivity index (χ3v) is 4.89. The van der Waals surface area contributed by atoms with E-state index >= 15 is 0 Å². The Balaban J connectivity index is 1.66. The second-order valence-electron chi connectivity index (χ2n) is 6.61. The van der Waals surface area contributed by atoms with E-state index in [2.05, 4.69) is 4.99 Å². The van der Waals surface area contributed by atoms with Crippen LogP contribution in [0.4, 0.5) is 0 Å². The Labute approximate surface area is 141 Å². The number of rotatable bonds is 4. The van der Waals surface area contributed by atoms with E-state index in [-0.39, 0.29) is 17.9 Å². The van der Waals surface area contributed by atoms with Crippen molar-refractivity contribution in [3.63, 3.8) is 0 Å². The molecule has 3 rings (SSSR count). The van der Waals surface area contributed by atoms with Crippen LogP contribution in [0.15, 0.2) is 40.9 Å². The lowest BCUT2D eigenvalue weighted by Crippen LogP contribution is -2.45. The van der Waals surface area contributed by atoms with Gasteiger partial charge in [-0.15, -0.1) is 0 Å². The lowest BCUT2D eigenvalue weighted by atomic mass is 9.87. The van der Waals surface area contributed by atoms with Gasteiger partial charge in [-0.1, -0.05) is 37.5 Å². The van der Waals surface area contributed by atoms with Gasteiger partial charge < -0.3 is 4.90 Å². The zero-order chi connectivity index (χ0) is 16.9. The van der Waals surface area contributed by atoms with Crippen LogP contribution >= 0.6 is 0 Å². The van der Waals surface area contributed by atoms with Crippen LogP contribution in [0.5, 0.6) is 0 Å². The molecule has 1 heterocycles. The second kappa shape index (κ2) is 7.57. The smallest absolute Gasteiger partial charge is 0.267 e. The molecule has 0 aromatic heterocycles. The van der Waals surface area contributed by atoms with Crippen LogP contribution in [0.2, 0.25) is 0 Å². The molecular formula is C18H23N3O3. The van der Waals surface area contributed by atoms with Gasteiger partial charge in [0.25, 0.3) is 5.91 Å². The molecule has 1 saturated carbocycles. The van der Waals surface area contributed by atoms with E-state index in [0.29, 0.717) is 5.92 Å². The van der Waals surface area contributed by atoms with Crippen molar-refractivity contribution in [3.8, 4) is 0 Å². The first-order valence-corrected chi connectivity index (χ1v) is 8.53. The number of hydroxylamine groups is 1. The van der Waals surface area contributed by atoms with Crippen molar-refractivity contribution in [1.29, 1.82) is 0 Å². The van der Waals surface area contributed by atoms with Crippen LogP contribution in [0, 0.1) is 11.8 Å². The highest BCUT2D eigenvalue weighted by Gasteiger charge is 2.34. The third kappa shape index (κ3) is 3.82. The fraction of sp³-hybridized carbons (Fsp3) is 0.500. The Bertz CT molecular complexity index is 615. The predicted molar refractivity (Wildman–Crippen MR) is 90.4 cm³/mol. The maximum atomic E-state index is 12.7. The summed E-state index contributed by atoms with van der Waals surface area (Å²) in [6.45, 7) is 0.770. The summed E-state index contributed by atoms with van der Waals surface area (Å²) in [7, 11) is 0. The fourth-order valence-corrected chi connectivity index (χ4v) is 3.56. The summed E-state index contributed by atoms with van der Waals surface area (Å²) in [6, 6.07) is -0.220. The molecule has 2 amide bonds. The van der Waals surface area contributed by atoms with Crippen LogP contribution in [-0.2, 0) is 9.59 Å². The molecule has 6 heteroatoms. The molecular weight excluding hydrogens is 306 g/mol. The number of allylic oxidation sites excluding steroid dienone is 3. The maximum Gasteiger partial charge on any atom is 0.267 e. The van der Waals surface area contributed by atoms with Crippen molar-refractivity contribution in [3.05, 3.63) is 36.0 Å². The van der Waals surface area contributed by atoms with Gasteiger partial charge in [0.1, 0.15) is 0 Å². The summed E-state index contributed by atoms with van der Waals surface area (Å²) in [5.41, 5.74) is 2.34. The second-order valence-corrected chi connectivity index (χ2v) is 6.61. The molecule has 2 atom stereocenters. The number of fused-ring (bicyclic) bond motifs is 1. The molecule has 2 aliphatic carbocycles. The van der Waals surface area contributed by atoms with Crippen molar-refractivity contribution < 1.29 is 14.8 Å². The van der Waals surface area contributed by atoms with Gasteiger partial charge in [0.05, 0.1) is 18.3 Å². The minimum absolute atomic E-state index is 0.101. The number of carbonyl (C=O) groups is 2. The molecule has 0 spiro atoms. The zero-order valence-electron chi connectivity index (χ0n) is 13.6. The van der Waals surface area contributed by atoms with E-state index in [0.717, 1.165) is 12.1 Å². The summed E-state index contributed by atoms with van der Waals surface area (Å²) in [5.74, 6) is -0.163. The van der Waals surface area contributed by atoms with Gasteiger partial charge in [0.2, 0.25) is 5.91 Å². The first kappa shape index (κ1) is 16.6. The standard InChI is InChI=1S/C18H23N3O3/c22-17(20-24)9-7-13-6-8-15-16(10-13)19-12-21(18(15)23)11-14-4-2-1-3-5-14/h6-10,12,14-16,24H,1-5,11H2,(H,20,22)/b9-7+. The highest BCUT2D eigenvalue weighted by atomic mass is 16.5. The summed E-state index contributed by atoms with van der Waals surface area (Å²) < 4.78 is 0. The van der Waals surface area contributed by atoms with Crippen molar-refractivity contribution >= 4 is 18.2 Å². The van der Waals surface area contributed by atoms with Gasteiger partial charge in [0.15, 0.2) is 0 Å². The maximum absolute atomic E-state index is 12.7. The van der Waals surface area contributed by atoms with Gasteiger partial charge in [0, 0.05) is 12.6 Å². The molecule has 0 aromatic carbocycles. The predicted octanol–water partition coefficient (Wildman–Crippen LogP) is 1.98. The molecule has 1 aliphatic heterocycles. The van der Waals surface area contributed by atoms with Gasteiger partial charge in [-0.2, -0.15) is 0 Å². The van der Waals surface area contributed by atoms with Crippen LogP contribution in [-0.4, -0.2) is 40.8 Å². The van der Waals surface area contributed by atoms with E-state index in [1.165, 1.54) is 38.2 Å². The molecule has 2 unspecified atom stereocenters. The number of nitrogens with one attached hydrogen (secondary N) is 1. The summed E-state index contributed by atoms with van der Waals surface area (Å²) in [4.78, 5) is 30.0. The average Bonchev–Trinajstić information content (AvgIpc) is 2.63. The molecule has 0 saturated heterocycles. The van der Waals surface area contributed by atoms with Crippen molar-refractivity contribution in [2.24, 2.45) is 16.8 Å². The molecule has 2 N–H and O–H groups in total. The number of amides is 2. The molecule has 6 nitrogen and oxygen atoms in total. The lowest BCUT2D eigenvalue weighted by Gasteiger charge is -2.34. The Kier molecular flexibility index (Phi) is 5.25. The molecule has 128 valence electrons. The topological polar surface area (TPSA) is 82.0 Å². The van der Waals surface area contributed by atoms with Crippen molar-refractivity contribution in [2.75, 3.05) is 6.54 Å². The number of nitrogens with zero attached hydrogens (tertiary/aromatic N) is 2. The minimum Gasteiger partial charge on any atom is -0.302 e. The molecule has 0 aromatic rings. The molecule has 0 radical (unpaired) electrons. The Morgan fingerprint density at radius 1 is 1.38 bits per heavy atom. The van der Waals surface area contributed by atoms with Crippen molar-refractivity contribution in [1.82, 2.24) is 10.4 Å². The van der Waals surface area contributed by atoms with Crippen molar-refractivity contribution in [2.45, 2.75) is 38.1 Å². The van der Waals surface area contributed by atoms with Gasteiger partial charge in [-0.05, 0) is 30.4 Å². The van der Waals surface area contributed by atoms with Gasteiger partial charge in [-0.3, -0.25) is 19.8 Å². The Morgan fingerprint density at radius 3 is 2.92 bits per heavy atom. The SMILES string of the molecule is O=C(/C=C/C1=CC2N=CN(CC3CCCCC3)C(=O)C2C=C1)NO.